The van der Waals surface area contributed by atoms with Gasteiger partial charge in [0.05, 0.1) is 24.1 Å². The molecule has 0 aliphatic carbocycles. The highest BCUT2D eigenvalue weighted by molar-refractivity contribution is 7.17. The first kappa shape index (κ1) is 14.2. The Hall–Kier alpha value is -1.73. The van der Waals surface area contributed by atoms with Crippen molar-refractivity contribution in [1.29, 1.82) is 0 Å². The number of ether oxygens (including phenoxy) is 1. The number of aromatic nitrogens is 2. The summed E-state index contributed by atoms with van der Waals surface area (Å²) in [6.45, 7) is 5.04. The molecule has 0 aromatic carbocycles. The van der Waals surface area contributed by atoms with Crippen molar-refractivity contribution in [2.75, 3.05) is 13.1 Å². The fourth-order valence-electron chi connectivity index (χ4n) is 2.62. The monoisotopic (exact) mass is 307 g/mol. The summed E-state index contributed by atoms with van der Waals surface area (Å²) < 4.78 is 7.59. The van der Waals surface area contributed by atoms with Crippen LogP contribution in [0.3, 0.4) is 0 Å². The van der Waals surface area contributed by atoms with Crippen LogP contribution in [0.4, 0.5) is 0 Å². The van der Waals surface area contributed by atoms with Crippen LogP contribution in [0.25, 0.3) is 10.2 Å². The Morgan fingerprint density at radius 3 is 2.86 bits per heavy atom. The molecule has 7 heteroatoms. The normalized spacial score (nSPS) is 22.7. The maximum atomic E-state index is 12.4. The molecule has 2 aromatic heterocycles. The molecule has 0 spiro atoms. The smallest absolute Gasteiger partial charge is 0.271 e. The SMILES string of the molecule is C[C@@H]1CN(C(=O)Cn2cnc3ccsc3c2=O)C[C@@H](C)O1. The first-order valence-corrected chi connectivity index (χ1v) is 7.78. The van der Waals surface area contributed by atoms with Crippen molar-refractivity contribution in [1.82, 2.24) is 14.5 Å². The second kappa shape index (κ2) is 5.57. The molecule has 1 fully saturated rings. The van der Waals surface area contributed by atoms with Gasteiger partial charge in [0, 0.05) is 13.1 Å². The van der Waals surface area contributed by atoms with Crippen LogP contribution < -0.4 is 5.56 Å². The minimum atomic E-state index is -0.155. The van der Waals surface area contributed by atoms with Crippen LogP contribution in [0.15, 0.2) is 22.6 Å². The zero-order valence-electron chi connectivity index (χ0n) is 12.0. The molecular formula is C14H17N3O3S. The van der Waals surface area contributed by atoms with Crippen molar-refractivity contribution in [2.24, 2.45) is 0 Å². The number of hydrogen-bond acceptors (Lipinski definition) is 5. The molecule has 1 aliphatic rings. The number of amides is 1. The highest BCUT2D eigenvalue weighted by Gasteiger charge is 2.26. The first-order chi connectivity index (χ1) is 10.0. The number of rotatable bonds is 2. The molecule has 0 saturated carbocycles. The van der Waals surface area contributed by atoms with E-state index in [2.05, 4.69) is 4.98 Å². The topological polar surface area (TPSA) is 64.4 Å². The zero-order chi connectivity index (χ0) is 15.0. The highest BCUT2D eigenvalue weighted by atomic mass is 32.1. The predicted octanol–water partition coefficient (Wildman–Crippen LogP) is 1.09. The Morgan fingerprint density at radius 1 is 1.43 bits per heavy atom. The van der Waals surface area contributed by atoms with Gasteiger partial charge in [-0.3, -0.25) is 14.2 Å². The van der Waals surface area contributed by atoms with Crippen LogP contribution in [0.2, 0.25) is 0 Å². The Kier molecular flexibility index (Phi) is 3.77. The number of carbonyl (C=O) groups excluding carboxylic acids is 1. The van der Waals surface area contributed by atoms with E-state index in [4.69, 9.17) is 4.74 Å². The molecular weight excluding hydrogens is 290 g/mol. The average Bonchev–Trinajstić information content (AvgIpc) is 2.90. The van der Waals surface area contributed by atoms with E-state index in [-0.39, 0.29) is 30.2 Å². The lowest BCUT2D eigenvalue weighted by molar-refractivity contribution is -0.143. The zero-order valence-corrected chi connectivity index (χ0v) is 12.8. The summed E-state index contributed by atoms with van der Waals surface area (Å²) in [4.78, 5) is 30.6. The fourth-order valence-corrected chi connectivity index (χ4v) is 3.41. The van der Waals surface area contributed by atoms with Crippen LogP contribution in [0.1, 0.15) is 13.8 Å². The van der Waals surface area contributed by atoms with Crippen molar-refractivity contribution in [3.8, 4) is 0 Å². The van der Waals surface area contributed by atoms with E-state index in [1.54, 1.807) is 11.0 Å². The molecule has 0 N–H and O–H groups in total. The second-order valence-corrected chi connectivity index (χ2v) is 6.28. The largest absolute Gasteiger partial charge is 0.372 e. The molecule has 6 nitrogen and oxygen atoms in total. The minimum Gasteiger partial charge on any atom is -0.372 e. The van der Waals surface area contributed by atoms with Crippen LogP contribution >= 0.6 is 11.3 Å². The third-order valence-electron chi connectivity index (χ3n) is 3.51. The van der Waals surface area contributed by atoms with Crippen molar-refractivity contribution in [2.45, 2.75) is 32.6 Å². The Morgan fingerprint density at radius 2 is 2.14 bits per heavy atom. The third-order valence-corrected chi connectivity index (χ3v) is 4.41. The Balaban J connectivity index is 1.80. The number of nitrogens with zero attached hydrogens (tertiary/aromatic N) is 3. The van der Waals surface area contributed by atoms with Gasteiger partial charge in [-0.25, -0.2) is 4.98 Å². The predicted molar refractivity (Wildman–Crippen MR) is 80.5 cm³/mol. The Bertz CT molecular complexity index is 714. The molecule has 3 heterocycles. The standard InChI is InChI=1S/C14H17N3O3S/c1-9-5-16(6-10(2)20-9)12(18)7-17-8-15-11-3-4-21-13(11)14(17)19/h3-4,8-10H,5-7H2,1-2H3/t9-,10-/m1/s1. The minimum absolute atomic E-state index is 0.0207. The molecule has 112 valence electrons. The van der Waals surface area contributed by atoms with Crippen LogP contribution in [-0.4, -0.2) is 45.7 Å². The van der Waals surface area contributed by atoms with Crippen LogP contribution in [0, 0.1) is 0 Å². The van der Waals surface area contributed by atoms with Crippen molar-refractivity contribution in [3.05, 3.63) is 28.1 Å². The molecule has 1 aliphatic heterocycles. The molecule has 1 saturated heterocycles. The molecule has 3 rings (SSSR count). The summed E-state index contributed by atoms with van der Waals surface area (Å²) in [6, 6.07) is 1.80. The van der Waals surface area contributed by atoms with Gasteiger partial charge in [-0.2, -0.15) is 0 Å². The van der Waals surface area contributed by atoms with E-state index in [0.29, 0.717) is 23.3 Å². The molecule has 2 aromatic rings. The van der Waals surface area contributed by atoms with Gasteiger partial charge in [0.1, 0.15) is 11.2 Å². The van der Waals surface area contributed by atoms with Crippen molar-refractivity contribution < 1.29 is 9.53 Å². The van der Waals surface area contributed by atoms with E-state index >= 15 is 0 Å². The molecule has 0 radical (unpaired) electrons. The number of fused-ring (bicyclic) bond motifs is 1. The van der Waals surface area contributed by atoms with Crippen LogP contribution in [-0.2, 0) is 16.1 Å². The molecule has 2 atom stereocenters. The number of morpholine rings is 1. The van der Waals surface area contributed by atoms with E-state index in [1.165, 1.54) is 22.2 Å². The highest BCUT2D eigenvalue weighted by Crippen LogP contribution is 2.14. The number of hydrogen-bond donors (Lipinski definition) is 0. The fraction of sp³-hybridized carbons (Fsp3) is 0.500. The molecule has 21 heavy (non-hydrogen) atoms. The Labute approximate surface area is 126 Å². The summed E-state index contributed by atoms with van der Waals surface area (Å²) in [7, 11) is 0. The van der Waals surface area contributed by atoms with Crippen molar-refractivity contribution >= 4 is 27.5 Å². The van der Waals surface area contributed by atoms with Gasteiger partial charge in [0.2, 0.25) is 5.91 Å². The van der Waals surface area contributed by atoms with Gasteiger partial charge in [0.25, 0.3) is 5.56 Å². The maximum absolute atomic E-state index is 12.4. The number of thiophene rings is 1. The van der Waals surface area contributed by atoms with Crippen molar-refractivity contribution in [3.63, 3.8) is 0 Å². The van der Waals surface area contributed by atoms with Gasteiger partial charge in [0.15, 0.2) is 0 Å². The molecule has 0 unspecified atom stereocenters. The average molecular weight is 307 g/mol. The summed E-state index contributed by atoms with van der Waals surface area (Å²) >= 11 is 1.35. The van der Waals surface area contributed by atoms with E-state index in [1.807, 2.05) is 19.2 Å². The van der Waals surface area contributed by atoms with Crippen LogP contribution in [0.5, 0.6) is 0 Å². The molecule has 1 amide bonds. The third kappa shape index (κ3) is 2.84. The summed E-state index contributed by atoms with van der Waals surface area (Å²) in [6.07, 6.45) is 1.49. The lowest BCUT2D eigenvalue weighted by Crippen LogP contribution is -2.49. The maximum Gasteiger partial charge on any atom is 0.271 e. The lowest BCUT2D eigenvalue weighted by atomic mass is 10.2. The summed E-state index contributed by atoms with van der Waals surface area (Å²) in [5.41, 5.74) is 0.528. The second-order valence-electron chi connectivity index (χ2n) is 5.37. The van der Waals surface area contributed by atoms with E-state index in [9.17, 15) is 9.59 Å². The van der Waals surface area contributed by atoms with E-state index in [0.717, 1.165) is 0 Å². The quantitative estimate of drug-likeness (QED) is 0.833. The molecule has 0 bridgehead atoms. The first-order valence-electron chi connectivity index (χ1n) is 6.90. The van der Waals surface area contributed by atoms with Gasteiger partial charge in [-0.05, 0) is 25.3 Å². The van der Waals surface area contributed by atoms with Gasteiger partial charge in [-0.1, -0.05) is 0 Å². The van der Waals surface area contributed by atoms with Gasteiger partial charge < -0.3 is 9.64 Å². The summed E-state index contributed by atoms with van der Waals surface area (Å²) in [5, 5.41) is 1.83. The van der Waals surface area contributed by atoms with Gasteiger partial charge in [-0.15, -0.1) is 11.3 Å². The number of carbonyl (C=O) groups is 1. The van der Waals surface area contributed by atoms with E-state index < -0.39 is 0 Å². The lowest BCUT2D eigenvalue weighted by Gasteiger charge is -2.35. The summed E-state index contributed by atoms with van der Waals surface area (Å²) in [5.74, 6) is -0.0724. The van der Waals surface area contributed by atoms with Gasteiger partial charge >= 0.3 is 0 Å².